The van der Waals surface area contributed by atoms with Crippen molar-refractivity contribution >= 4 is 5.91 Å². The Labute approximate surface area is 145 Å². The molecule has 2 heterocycles. The summed E-state index contributed by atoms with van der Waals surface area (Å²) in [4.78, 5) is 14.2. The van der Waals surface area contributed by atoms with E-state index in [-0.39, 0.29) is 18.4 Å². The first kappa shape index (κ1) is 18.9. The van der Waals surface area contributed by atoms with Crippen LogP contribution in [0.2, 0.25) is 0 Å². The molecular weight excluding hydrogens is 304 g/mol. The van der Waals surface area contributed by atoms with E-state index in [0.29, 0.717) is 12.5 Å². The number of hydrogen-bond donors (Lipinski definition) is 2. The van der Waals surface area contributed by atoms with Crippen LogP contribution in [0.25, 0.3) is 0 Å². The average Bonchev–Trinajstić information content (AvgIpc) is 2.81. The summed E-state index contributed by atoms with van der Waals surface area (Å²) in [7, 11) is 0. The van der Waals surface area contributed by atoms with Gasteiger partial charge in [-0.05, 0) is 39.2 Å². The van der Waals surface area contributed by atoms with Crippen LogP contribution in [0, 0.1) is 25.7 Å². The Hall–Kier alpha value is -1.40. The molecule has 1 aromatic rings. The second-order valence-electron chi connectivity index (χ2n) is 7.24. The maximum Gasteiger partial charge on any atom is 0.222 e. The minimum Gasteiger partial charge on any atom is -0.394 e. The van der Waals surface area contributed by atoms with Gasteiger partial charge in [-0.15, -0.1) is 0 Å². The smallest absolute Gasteiger partial charge is 0.222 e. The van der Waals surface area contributed by atoms with Crippen molar-refractivity contribution in [3.05, 3.63) is 17.0 Å². The van der Waals surface area contributed by atoms with Crippen molar-refractivity contribution in [1.29, 1.82) is 0 Å². The Bertz CT molecular complexity index is 553. The van der Waals surface area contributed by atoms with E-state index in [0.717, 1.165) is 37.6 Å². The lowest BCUT2D eigenvalue weighted by molar-refractivity contribution is -0.124. The molecule has 2 N–H and O–H groups in total. The van der Waals surface area contributed by atoms with Gasteiger partial charge in [-0.3, -0.25) is 14.4 Å². The fourth-order valence-corrected chi connectivity index (χ4v) is 3.41. The Kier molecular flexibility index (Phi) is 6.80. The molecule has 6 nitrogen and oxygen atoms in total. The Morgan fingerprint density at radius 3 is 2.83 bits per heavy atom. The van der Waals surface area contributed by atoms with Crippen LogP contribution in [0.1, 0.15) is 43.6 Å². The lowest BCUT2D eigenvalue weighted by Gasteiger charge is -2.33. The molecule has 1 fully saturated rings. The number of carbonyl (C=O) groups excluding carboxylic acids is 1. The summed E-state index contributed by atoms with van der Waals surface area (Å²) >= 11 is 0. The number of nitrogens with zero attached hydrogens (tertiary/aromatic N) is 3. The van der Waals surface area contributed by atoms with Crippen LogP contribution in [0.5, 0.6) is 0 Å². The normalized spacial score (nSPS) is 19.0. The Morgan fingerprint density at radius 2 is 2.17 bits per heavy atom. The van der Waals surface area contributed by atoms with E-state index in [9.17, 15) is 4.79 Å². The third kappa shape index (κ3) is 4.80. The van der Waals surface area contributed by atoms with E-state index >= 15 is 0 Å². The van der Waals surface area contributed by atoms with E-state index in [2.05, 4.69) is 22.2 Å². The van der Waals surface area contributed by atoms with E-state index in [1.54, 1.807) is 0 Å². The van der Waals surface area contributed by atoms with Gasteiger partial charge in [0.25, 0.3) is 0 Å². The topological polar surface area (TPSA) is 70.4 Å². The van der Waals surface area contributed by atoms with Crippen molar-refractivity contribution in [3.63, 3.8) is 0 Å². The van der Waals surface area contributed by atoms with Gasteiger partial charge in [0.15, 0.2) is 0 Å². The second-order valence-corrected chi connectivity index (χ2v) is 7.24. The Balaban J connectivity index is 1.92. The van der Waals surface area contributed by atoms with E-state index in [4.69, 9.17) is 5.11 Å². The van der Waals surface area contributed by atoms with E-state index in [1.807, 2.05) is 25.5 Å². The fourth-order valence-electron chi connectivity index (χ4n) is 3.41. The molecule has 0 aliphatic carbocycles. The van der Waals surface area contributed by atoms with Crippen molar-refractivity contribution in [1.82, 2.24) is 20.0 Å². The number of aliphatic hydroxyl groups is 1. The number of aryl methyl sites for hydroxylation is 1. The monoisotopic (exact) mass is 336 g/mol. The van der Waals surface area contributed by atoms with Crippen LogP contribution in [0.3, 0.4) is 0 Å². The molecule has 24 heavy (non-hydrogen) atoms. The van der Waals surface area contributed by atoms with Crippen molar-refractivity contribution in [2.24, 2.45) is 11.8 Å². The predicted octanol–water partition coefficient (Wildman–Crippen LogP) is 1.48. The zero-order valence-electron chi connectivity index (χ0n) is 15.5. The number of nitrogens with one attached hydrogen (secondary N) is 1. The Morgan fingerprint density at radius 1 is 1.42 bits per heavy atom. The zero-order chi connectivity index (χ0) is 17.7. The molecule has 6 heteroatoms. The summed E-state index contributed by atoms with van der Waals surface area (Å²) in [5.74, 6) is 0.714. The summed E-state index contributed by atoms with van der Waals surface area (Å²) in [6, 6.07) is 0. The van der Waals surface area contributed by atoms with Gasteiger partial charge in [0.2, 0.25) is 5.91 Å². The van der Waals surface area contributed by atoms with Gasteiger partial charge >= 0.3 is 0 Å². The highest BCUT2D eigenvalue weighted by Crippen LogP contribution is 2.21. The lowest BCUT2D eigenvalue weighted by Crippen LogP contribution is -2.41. The highest BCUT2D eigenvalue weighted by Gasteiger charge is 2.23. The summed E-state index contributed by atoms with van der Waals surface area (Å²) in [5.41, 5.74) is 3.48. The number of likely N-dealkylation sites (tertiary alicyclic amines) is 1. The minimum absolute atomic E-state index is 0.0485. The van der Waals surface area contributed by atoms with E-state index in [1.165, 1.54) is 18.4 Å². The summed E-state index contributed by atoms with van der Waals surface area (Å²) in [6.45, 7) is 12.4. The third-order valence-electron chi connectivity index (χ3n) is 4.92. The minimum atomic E-state index is 0.0485. The number of carbonyl (C=O) groups is 1. The van der Waals surface area contributed by atoms with Gasteiger partial charge in [-0.2, -0.15) is 5.10 Å². The van der Waals surface area contributed by atoms with Gasteiger partial charge in [-0.25, -0.2) is 0 Å². The van der Waals surface area contributed by atoms with Crippen LogP contribution in [0.15, 0.2) is 0 Å². The van der Waals surface area contributed by atoms with Crippen molar-refractivity contribution < 1.29 is 9.90 Å². The van der Waals surface area contributed by atoms with Gasteiger partial charge in [0.1, 0.15) is 0 Å². The fraction of sp³-hybridized carbons (Fsp3) is 0.778. The highest BCUT2D eigenvalue weighted by molar-refractivity contribution is 5.77. The van der Waals surface area contributed by atoms with Crippen molar-refractivity contribution in [2.75, 3.05) is 26.2 Å². The molecular formula is C18H32N4O2. The molecule has 1 saturated heterocycles. The lowest BCUT2D eigenvalue weighted by atomic mass is 9.97. The van der Waals surface area contributed by atoms with Crippen LogP contribution < -0.4 is 5.32 Å². The molecule has 1 aliphatic rings. The number of piperidine rings is 1. The van der Waals surface area contributed by atoms with Crippen molar-refractivity contribution in [3.8, 4) is 0 Å². The van der Waals surface area contributed by atoms with E-state index < -0.39 is 0 Å². The largest absolute Gasteiger partial charge is 0.394 e. The summed E-state index contributed by atoms with van der Waals surface area (Å²) in [5, 5.41) is 16.7. The molecule has 1 amide bonds. The molecule has 2 rings (SSSR count). The van der Waals surface area contributed by atoms with Gasteiger partial charge < -0.3 is 10.4 Å². The van der Waals surface area contributed by atoms with Gasteiger partial charge in [0.05, 0.1) is 18.8 Å². The maximum absolute atomic E-state index is 11.8. The first-order valence-electron chi connectivity index (χ1n) is 9.06. The standard InChI is InChI=1S/C18H32N4O2/c1-13(2)18(24)19-10-16-6-5-7-21(11-16)12-17-14(3)20-22(8-9-23)15(17)4/h13,16,23H,5-12H2,1-4H3,(H,19,24). The maximum atomic E-state index is 11.8. The molecule has 0 radical (unpaired) electrons. The van der Waals surface area contributed by atoms with Crippen LogP contribution in [-0.2, 0) is 17.9 Å². The molecule has 1 atom stereocenters. The molecule has 0 aromatic carbocycles. The summed E-state index contributed by atoms with van der Waals surface area (Å²) < 4.78 is 1.90. The second kappa shape index (κ2) is 8.62. The van der Waals surface area contributed by atoms with Crippen LogP contribution in [0.4, 0.5) is 0 Å². The number of amides is 1. The number of rotatable bonds is 7. The summed E-state index contributed by atoms with van der Waals surface area (Å²) in [6.07, 6.45) is 2.35. The molecule has 1 aromatic heterocycles. The molecule has 0 bridgehead atoms. The van der Waals surface area contributed by atoms with Crippen LogP contribution in [-0.4, -0.2) is 51.9 Å². The number of aliphatic hydroxyl groups excluding tert-OH is 1. The highest BCUT2D eigenvalue weighted by atomic mass is 16.3. The molecule has 136 valence electrons. The van der Waals surface area contributed by atoms with Gasteiger partial charge in [0, 0.05) is 36.8 Å². The first-order chi connectivity index (χ1) is 11.4. The van der Waals surface area contributed by atoms with Gasteiger partial charge in [-0.1, -0.05) is 13.8 Å². The molecule has 1 unspecified atom stereocenters. The third-order valence-corrected chi connectivity index (χ3v) is 4.92. The number of hydrogen-bond acceptors (Lipinski definition) is 4. The number of aromatic nitrogens is 2. The molecule has 1 aliphatic heterocycles. The quantitative estimate of drug-likeness (QED) is 0.791. The van der Waals surface area contributed by atoms with Crippen molar-refractivity contribution in [2.45, 2.75) is 53.6 Å². The van der Waals surface area contributed by atoms with Crippen LogP contribution >= 0.6 is 0 Å². The SMILES string of the molecule is Cc1nn(CCO)c(C)c1CN1CCCC(CNC(=O)C(C)C)C1. The first-order valence-corrected chi connectivity index (χ1v) is 9.06. The molecule has 0 saturated carbocycles. The average molecular weight is 336 g/mol. The zero-order valence-corrected chi connectivity index (χ0v) is 15.5. The predicted molar refractivity (Wildman–Crippen MR) is 94.6 cm³/mol. The molecule has 0 spiro atoms.